The van der Waals surface area contributed by atoms with E-state index in [0.29, 0.717) is 12.2 Å². The molecule has 138 valence electrons. The Morgan fingerprint density at radius 2 is 1.60 bits per heavy atom. The van der Waals surface area contributed by atoms with Crippen LogP contribution in [0, 0.1) is 5.82 Å². The van der Waals surface area contributed by atoms with Crippen LogP contribution in [0.25, 0.3) is 0 Å². The van der Waals surface area contributed by atoms with Crippen LogP contribution < -0.4 is 10.6 Å². The molecule has 0 unspecified atom stereocenters. The lowest BCUT2D eigenvalue weighted by atomic mass is 10.2. The van der Waals surface area contributed by atoms with Crippen LogP contribution in [0.5, 0.6) is 0 Å². The lowest BCUT2D eigenvalue weighted by Crippen LogP contribution is -2.45. The van der Waals surface area contributed by atoms with Crippen molar-refractivity contribution in [3.63, 3.8) is 0 Å². The summed E-state index contributed by atoms with van der Waals surface area (Å²) in [5.41, 5.74) is 5.65. The van der Waals surface area contributed by atoms with Gasteiger partial charge in [-0.15, -0.1) is 0 Å². The van der Waals surface area contributed by atoms with E-state index in [1.165, 1.54) is 34.1 Å². The van der Waals surface area contributed by atoms with Gasteiger partial charge in [-0.3, -0.25) is 19.3 Å². The molecular weight excluding hydrogens is 327 g/mol. The number of primary amides is 1. The molecule has 1 aromatic rings. The smallest absolute Gasteiger partial charge is 0.241 e. The van der Waals surface area contributed by atoms with E-state index in [4.69, 9.17) is 5.73 Å². The van der Waals surface area contributed by atoms with Gasteiger partial charge in [-0.25, -0.2) is 4.39 Å². The van der Waals surface area contributed by atoms with Crippen molar-refractivity contribution >= 4 is 23.4 Å². The number of anilines is 1. The second-order valence-electron chi connectivity index (χ2n) is 5.83. The topological polar surface area (TPSA) is 87.0 Å². The van der Waals surface area contributed by atoms with E-state index < -0.39 is 11.7 Å². The molecular formula is C17H25FN4O3. The van der Waals surface area contributed by atoms with Gasteiger partial charge in [-0.1, -0.05) is 6.92 Å². The molecule has 0 saturated heterocycles. The Hall–Kier alpha value is -2.48. The summed E-state index contributed by atoms with van der Waals surface area (Å²) in [6.45, 7) is 2.58. The predicted molar refractivity (Wildman–Crippen MR) is 93.4 cm³/mol. The average Bonchev–Trinajstić information content (AvgIpc) is 2.55. The summed E-state index contributed by atoms with van der Waals surface area (Å²) >= 11 is 0. The van der Waals surface area contributed by atoms with Gasteiger partial charge in [0.15, 0.2) is 0 Å². The maximum absolute atomic E-state index is 13.1. The fourth-order valence-electron chi connectivity index (χ4n) is 2.13. The zero-order valence-corrected chi connectivity index (χ0v) is 14.9. The molecule has 0 aliphatic rings. The quantitative estimate of drug-likeness (QED) is 0.699. The monoisotopic (exact) mass is 352 g/mol. The van der Waals surface area contributed by atoms with Gasteiger partial charge in [0.25, 0.3) is 0 Å². The van der Waals surface area contributed by atoms with Crippen LogP contribution in [0.1, 0.15) is 13.3 Å². The van der Waals surface area contributed by atoms with Crippen LogP contribution in [0.2, 0.25) is 0 Å². The number of amides is 3. The zero-order valence-electron chi connectivity index (χ0n) is 14.9. The second-order valence-corrected chi connectivity index (χ2v) is 5.83. The summed E-state index contributed by atoms with van der Waals surface area (Å²) in [7, 11) is 3.30. The molecule has 8 heteroatoms. The van der Waals surface area contributed by atoms with Crippen molar-refractivity contribution in [3.8, 4) is 0 Å². The van der Waals surface area contributed by atoms with Gasteiger partial charge in [0, 0.05) is 32.7 Å². The van der Waals surface area contributed by atoms with Gasteiger partial charge in [0.05, 0.1) is 13.1 Å². The van der Waals surface area contributed by atoms with E-state index in [1.54, 1.807) is 19.0 Å². The molecule has 0 saturated carbocycles. The van der Waals surface area contributed by atoms with Crippen LogP contribution in [-0.4, -0.2) is 67.8 Å². The molecule has 25 heavy (non-hydrogen) atoms. The molecule has 2 N–H and O–H groups in total. The van der Waals surface area contributed by atoms with Gasteiger partial charge in [-0.05, 0) is 30.8 Å². The summed E-state index contributed by atoms with van der Waals surface area (Å²) in [5, 5.41) is 0. The number of likely N-dealkylation sites (N-methyl/N-ethyl adjacent to an activating group) is 2. The minimum Gasteiger partial charge on any atom is -0.370 e. The third-order valence-electron chi connectivity index (χ3n) is 3.68. The Morgan fingerprint density at radius 3 is 2.08 bits per heavy atom. The Kier molecular flexibility index (Phi) is 8.00. The number of carbonyl (C=O) groups excluding carboxylic acids is 3. The number of benzene rings is 1. The highest BCUT2D eigenvalue weighted by atomic mass is 19.1. The van der Waals surface area contributed by atoms with E-state index in [1.807, 2.05) is 6.92 Å². The molecule has 0 aliphatic carbocycles. The van der Waals surface area contributed by atoms with Crippen molar-refractivity contribution in [2.45, 2.75) is 13.3 Å². The molecule has 0 aromatic heterocycles. The molecule has 0 bridgehead atoms. The summed E-state index contributed by atoms with van der Waals surface area (Å²) in [6, 6.07) is 5.42. The maximum atomic E-state index is 13.1. The van der Waals surface area contributed by atoms with Crippen LogP contribution in [0.3, 0.4) is 0 Å². The molecule has 0 radical (unpaired) electrons. The Morgan fingerprint density at radius 1 is 1.04 bits per heavy atom. The Balaban J connectivity index is 2.88. The van der Waals surface area contributed by atoms with Crippen LogP contribution in [-0.2, 0) is 14.4 Å². The molecule has 1 aromatic carbocycles. The number of rotatable bonds is 9. The average molecular weight is 352 g/mol. The molecule has 0 atom stereocenters. The van der Waals surface area contributed by atoms with Crippen LogP contribution >= 0.6 is 0 Å². The first-order chi connectivity index (χ1) is 11.7. The SMILES string of the molecule is CCN(CC(=O)N(C)C)CC(=O)N(CCC(N)=O)c1ccc(F)cc1. The van der Waals surface area contributed by atoms with Crippen molar-refractivity contribution in [1.82, 2.24) is 9.80 Å². The van der Waals surface area contributed by atoms with Crippen LogP contribution in [0.15, 0.2) is 24.3 Å². The standard InChI is InChI=1S/C17H25FN4O3/c1-4-21(11-16(24)20(2)3)12-17(25)22(10-9-15(19)23)14-7-5-13(18)6-8-14/h5-8H,4,9-12H2,1-3H3,(H2,19,23). The first-order valence-electron chi connectivity index (χ1n) is 8.01. The van der Waals surface area contributed by atoms with Gasteiger partial charge < -0.3 is 15.5 Å². The van der Waals surface area contributed by atoms with Gasteiger partial charge in [0.1, 0.15) is 5.82 Å². The van der Waals surface area contributed by atoms with Crippen molar-refractivity contribution < 1.29 is 18.8 Å². The summed E-state index contributed by atoms with van der Waals surface area (Å²) < 4.78 is 13.1. The zero-order chi connectivity index (χ0) is 19.0. The number of hydrogen-bond donors (Lipinski definition) is 1. The highest BCUT2D eigenvalue weighted by Crippen LogP contribution is 2.16. The van der Waals surface area contributed by atoms with Crippen LogP contribution in [0.4, 0.5) is 10.1 Å². The number of nitrogens with zero attached hydrogens (tertiary/aromatic N) is 3. The highest BCUT2D eigenvalue weighted by molar-refractivity contribution is 5.95. The molecule has 7 nitrogen and oxygen atoms in total. The molecule has 0 aliphatic heterocycles. The van der Waals surface area contributed by atoms with E-state index in [0.717, 1.165) is 0 Å². The second kappa shape index (κ2) is 9.73. The fourth-order valence-corrected chi connectivity index (χ4v) is 2.13. The van der Waals surface area contributed by atoms with Crippen molar-refractivity contribution in [2.24, 2.45) is 5.73 Å². The fraction of sp³-hybridized carbons (Fsp3) is 0.471. The largest absolute Gasteiger partial charge is 0.370 e. The molecule has 3 amide bonds. The van der Waals surface area contributed by atoms with Crippen molar-refractivity contribution in [1.29, 1.82) is 0 Å². The minimum atomic E-state index is -0.532. The van der Waals surface area contributed by atoms with Gasteiger partial charge in [0.2, 0.25) is 17.7 Å². The number of halogens is 1. The number of nitrogens with two attached hydrogens (primary N) is 1. The van der Waals surface area contributed by atoms with E-state index >= 15 is 0 Å². The molecule has 1 rings (SSSR count). The highest BCUT2D eigenvalue weighted by Gasteiger charge is 2.21. The van der Waals surface area contributed by atoms with Crippen molar-refractivity contribution in [2.75, 3.05) is 45.2 Å². The molecule has 0 spiro atoms. The first-order valence-corrected chi connectivity index (χ1v) is 8.01. The summed E-state index contributed by atoms with van der Waals surface area (Å²) in [5.74, 6) is -1.35. The third-order valence-corrected chi connectivity index (χ3v) is 3.68. The molecule has 0 fully saturated rings. The summed E-state index contributed by atoms with van der Waals surface area (Å²) in [4.78, 5) is 40.1. The number of carbonyl (C=O) groups is 3. The Bertz CT molecular complexity index is 604. The molecule has 0 heterocycles. The lowest BCUT2D eigenvalue weighted by molar-refractivity contribution is -0.130. The van der Waals surface area contributed by atoms with Gasteiger partial charge >= 0.3 is 0 Å². The summed E-state index contributed by atoms with van der Waals surface area (Å²) in [6.07, 6.45) is -0.00807. The predicted octanol–water partition coefficient (Wildman–Crippen LogP) is 0.444. The Labute approximate surface area is 147 Å². The first kappa shape index (κ1) is 20.6. The normalized spacial score (nSPS) is 10.6. The van der Waals surface area contributed by atoms with Crippen molar-refractivity contribution in [3.05, 3.63) is 30.1 Å². The van der Waals surface area contributed by atoms with E-state index in [-0.39, 0.29) is 37.9 Å². The lowest BCUT2D eigenvalue weighted by Gasteiger charge is -2.27. The number of hydrogen-bond acceptors (Lipinski definition) is 4. The minimum absolute atomic E-state index is 0.00617. The maximum Gasteiger partial charge on any atom is 0.241 e. The van der Waals surface area contributed by atoms with Gasteiger partial charge in [-0.2, -0.15) is 0 Å². The third kappa shape index (κ3) is 6.88. The van der Waals surface area contributed by atoms with E-state index in [2.05, 4.69) is 0 Å². The van der Waals surface area contributed by atoms with E-state index in [9.17, 15) is 18.8 Å².